The van der Waals surface area contributed by atoms with Gasteiger partial charge in [-0.2, -0.15) is 0 Å². The molecular weight excluding hydrogens is 160 g/mol. The minimum Gasteiger partial charge on any atom is -0.381 e. The number of halogens is 1. The van der Waals surface area contributed by atoms with Gasteiger partial charge in [0.05, 0.1) is 6.61 Å². The maximum Gasteiger partial charge on any atom is 0.0533 e. The van der Waals surface area contributed by atoms with Crippen molar-refractivity contribution in [1.29, 1.82) is 0 Å². The first-order valence-corrected chi connectivity index (χ1v) is 4.89. The van der Waals surface area contributed by atoms with Crippen LogP contribution in [0.2, 0.25) is 0 Å². The Kier molecular flexibility index (Phi) is 3.20. The summed E-state index contributed by atoms with van der Waals surface area (Å²) < 4.78 is 5.40. The Morgan fingerprint density at radius 3 is 2.55 bits per heavy atom. The molecule has 0 aromatic heterocycles. The summed E-state index contributed by atoms with van der Waals surface area (Å²) in [6.45, 7) is 5.98. The molecule has 1 aliphatic rings. The lowest BCUT2D eigenvalue weighted by Crippen LogP contribution is -2.41. The molecule has 0 amide bonds. The third-order valence-electron chi connectivity index (χ3n) is 2.46. The van der Waals surface area contributed by atoms with Crippen LogP contribution in [0.15, 0.2) is 0 Å². The van der Waals surface area contributed by atoms with Crippen LogP contribution >= 0.6 is 11.6 Å². The SMILES string of the molecule is CCOCC1(CCl)CC(C)C1. The van der Waals surface area contributed by atoms with E-state index in [2.05, 4.69) is 6.92 Å². The first kappa shape index (κ1) is 9.34. The van der Waals surface area contributed by atoms with Crippen molar-refractivity contribution in [2.75, 3.05) is 19.1 Å². The predicted octanol–water partition coefficient (Wildman–Crippen LogP) is 2.68. The Balaban J connectivity index is 2.26. The molecule has 0 bridgehead atoms. The van der Waals surface area contributed by atoms with Gasteiger partial charge in [0.2, 0.25) is 0 Å². The lowest BCUT2D eigenvalue weighted by molar-refractivity contribution is -0.0152. The Morgan fingerprint density at radius 2 is 2.18 bits per heavy atom. The van der Waals surface area contributed by atoms with Gasteiger partial charge in [0.25, 0.3) is 0 Å². The van der Waals surface area contributed by atoms with Crippen LogP contribution in [0.5, 0.6) is 0 Å². The summed E-state index contributed by atoms with van der Waals surface area (Å²) in [6, 6.07) is 0. The van der Waals surface area contributed by atoms with E-state index in [4.69, 9.17) is 16.3 Å². The Morgan fingerprint density at radius 1 is 1.55 bits per heavy atom. The van der Waals surface area contributed by atoms with E-state index in [1.54, 1.807) is 0 Å². The van der Waals surface area contributed by atoms with Crippen LogP contribution in [0.3, 0.4) is 0 Å². The van der Waals surface area contributed by atoms with Crippen molar-refractivity contribution in [1.82, 2.24) is 0 Å². The average molecular weight is 177 g/mol. The van der Waals surface area contributed by atoms with E-state index < -0.39 is 0 Å². The van der Waals surface area contributed by atoms with Crippen LogP contribution in [-0.2, 0) is 4.74 Å². The molecule has 0 atom stereocenters. The average Bonchev–Trinajstić information content (AvgIpc) is 1.96. The van der Waals surface area contributed by atoms with Crippen molar-refractivity contribution in [3.8, 4) is 0 Å². The largest absolute Gasteiger partial charge is 0.381 e. The standard InChI is InChI=1S/C9H17ClO/c1-3-11-7-9(6-10)4-8(2)5-9/h8H,3-7H2,1-2H3. The van der Waals surface area contributed by atoms with E-state index >= 15 is 0 Å². The Hall–Kier alpha value is 0.250. The molecule has 0 heterocycles. The molecule has 0 N–H and O–H groups in total. The molecule has 11 heavy (non-hydrogen) atoms. The lowest BCUT2D eigenvalue weighted by atomic mass is 9.64. The molecule has 2 heteroatoms. The minimum absolute atomic E-state index is 0.330. The van der Waals surface area contributed by atoms with Gasteiger partial charge >= 0.3 is 0 Å². The molecule has 1 rings (SSSR count). The Bertz CT molecular complexity index is 119. The number of rotatable bonds is 4. The van der Waals surface area contributed by atoms with Gasteiger partial charge in [-0.15, -0.1) is 11.6 Å². The highest BCUT2D eigenvalue weighted by atomic mass is 35.5. The number of ether oxygens (including phenoxy) is 1. The van der Waals surface area contributed by atoms with Crippen LogP contribution in [-0.4, -0.2) is 19.1 Å². The summed E-state index contributed by atoms with van der Waals surface area (Å²) in [6.07, 6.45) is 2.49. The van der Waals surface area contributed by atoms with Crippen LogP contribution in [0.25, 0.3) is 0 Å². The smallest absolute Gasteiger partial charge is 0.0533 e. The van der Waals surface area contributed by atoms with Gasteiger partial charge < -0.3 is 4.74 Å². The first-order chi connectivity index (χ1) is 5.22. The molecule has 1 fully saturated rings. The van der Waals surface area contributed by atoms with E-state index in [9.17, 15) is 0 Å². The van der Waals surface area contributed by atoms with Crippen LogP contribution in [0.4, 0.5) is 0 Å². The first-order valence-electron chi connectivity index (χ1n) is 4.36. The summed E-state index contributed by atoms with van der Waals surface area (Å²) in [5.41, 5.74) is 0.330. The molecule has 1 saturated carbocycles. The second kappa shape index (κ2) is 3.77. The molecule has 0 unspecified atom stereocenters. The van der Waals surface area contributed by atoms with Gasteiger partial charge in [-0.05, 0) is 25.7 Å². The number of hydrogen-bond acceptors (Lipinski definition) is 1. The Labute approximate surface area is 74.1 Å². The quantitative estimate of drug-likeness (QED) is 0.599. The molecule has 66 valence electrons. The predicted molar refractivity (Wildman–Crippen MR) is 48.0 cm³/mol. The highest BCUT2D eigenvalue weighted by Crippen LogP contribution is 2.46. The molecular formula is C9H17ClO. The molecule has 0 aliphatic heterocycles. The monoisotopic (exact) mass is 176 g/mol. The summed E-state index contributed by atoms with van der Waals surface area (Å²) in [4.78, 5) is 0. The van der Waals surface area contributed by atoms with Crippen LogP contribution in [0, 0.1) is 11.3 Å². The van der Waals surface area contributed by atoms with E-state index in [1.165, 1.54) is 12.8 Å². The zero-order valence-electron chi connectivity index (χ0n) is 7.40. The fourth-order valence-electron chi connectivity index (χ4n) is 2.00. The van der Waals surface area contributed by atoms with Crippen LogP contribution in [0.1, 0.15) is 26.7 Å². The maximum absolute atomic E-state index is 5.88. The molecule has 0 aromatic carbocycles. The number of alkyl halides is 1. The third-order valence-corrected chi connectivity index (χ3v) is 3.03. The van der Waals surface area contributed by atoms with Gasteiger partial charge in [0.15, 0.2) is 0 Å². The zero-order chi connectivity index (χ0) is 8.32. The van der Waals surface area contributed by atoms with Gasteiger partial charge in [0.1, 0.15) is 0 Å². The van der Waals surface area contributed by atoms with Crippen molar-refractivity contribution >= 4 is 11.6 Å². The molecule has 0 spiro atoms. The second-order valence-electron chi connectivity index (χ2n) is 3.78. The normalized spacial score (nSPS) is 36.8. The topological polar surface area (TPSA) is 9.23 Å². The third kappa shape index (κ3) is 2.09. The zero-order valence-corrected chi connectivity index (χ0v) is 8.16. The van der Waals surface area contributed by atoms with Crippen molar-refractivity contribution in [2.45, 2.75) is 26.7 Å². The maximum atomic E-state index is 5.88. The van der Waals surface area contributed by atoms with Gasteiger partial charge in [-0.1, -0.05) is 6.92 Å². The van der Waals surface area contributed by atoms with E-state index in [1.807, 2.05) is 6.92 Å². The highest BCUT2D eigenvalue weighted by molar-refractivity contribution is 6.18. The van der Waals surface area contributed by atoms with E-state index in [0.717, 1.165) is 25.0 Å². The second-order valence-corrected chi connectivity index (χ2v) is 4.05. The number of hydrogen-bond donors (Lipinski definition) is 0. The molecule has 0 radical (unpaired) electrons. The molecule has 0 aromatic rings. The fraction of sp³-hybridized carbons (Fsp3) is 1.00. The van der Waals surface area contributed by atoms with Gasteiger partial charge in [-0.3, -0.25) is 0 Å². The van der Waals surface area contributed by atoms with Crippen molar-refractivity contribution in [2.24, 2.45) is 11.3 Å². The van der Waals surface area contributed by atoms with E-state index in [-0.39, 0.29) is 0 Å². The van der Waals surface area contributed by atoms with E-state index in [0.29, 0.717) is 5.41 Å². The fourth-order valence-corrected chi connectivity index (χ4v) is 2.30. The van der Waals surface area contributed by atoms with Gasteiger partial charge in [-0.25, -0.2) is 0 Å². The highest BCUT2D eigenvalue weighted by Gasteiger charge is 2.41. The van der Waals surface area contributed by atoms with Crippen molar-refractivity contribution < 1.29 is 4.74 Å². The molecule has 1 nitrogen and oxygen atoms in total. The lowest BCUT2D eigenvalue weighted by Gasteiger charge is -2.45. The van der Waals surface area contributed by atoms with Gasteiger partial charge in [0, 0.05) is 17.9 Å². The molecule has 1 aliphatic carbocycles. The summed E-state index contributed by atoms with van der Waals surface area (Å²) in [7, 11) is 0. The molecule has 0 saturated heterocycles. The summed E-state index contributed by atoms with van der Waals surface area (Å²) in [5, 5.41) is 0. The van der Waals surface area contributed by atoms with Crippen LogP contribution < -0.4 is 0 Å². The summed E-state index contributed by atoms with van der Waals surface area (Å²) >= 11 is 5.88. The summed E-state index contributed by atoms with van der Waals surface area (Å²) in [5.74, 6) is 1.62. The minimum atomic E-state index is 0.330. The van der Waals surface area contributed by atoms with Crippen molar-refractivity contribution in [3.05, 3.63) is 0 Å². The van der Waals surface area contributed by atoms with Crippen molar-refractivity contribution in [3.63, 3.8) is 0 Å².